The minimum Gasteiger partial charge on any atom is -0.497 e. The molecule has 3 aromatic rings. The number of aryl methyl sites for hydroxylation is 1. The molecule has 0 bridgehead atoms. The van der Waals surface area contributed by atoms with Gasteiger partial charge in [-0.3, -0.25) is 9.36 Å². The van der Waals surface area contributed by atoms with Gasteiger partial charge in [-0.2, -0.15) is 0 Å². The summed E-state index contributed by atoms with van der Waals surface area (Å²) in [5.74, 6) is 0.764. The van der Waals surface area contributed by atoms with Crippen LogP contribution in [0.3, 0.4) is 0 Å². The van der Waals surface area contributed by atoms with Gasteiger partial charge in [0, 0.05) is 13.1 Å². The van der Waals surface area contributed by atoms with Crippen molar-refractivity contribution in [3.05, 3.63) is 57.7 Å². The van der Waals surface area contributed by atoms with E-state index in [9.17, 15) is 13.2 Å². The molecule has 138 valence electrons. The fourth-order valence-corrected chi connectivity index (χ4v) is 4.85. The van der Waals surface area contributed by atoms with E-state index >= 15 is 0 Å². The predicted octanol–water partition coefficient (Wildman–Crippen LogP) is 2.61. The number of sulfonamides is 1. The number of thiazole rings is 1. The van der Waals surface area contributed by atoms with Crippen molar-refractivity contribution in [2.75, 3.05) is 13.7 Å². The highest BCUT2D eigenvalue weighted by Gasteiger charge is 2.16. The average molecular weight is 393 g/mol. The molecule has 26 heavy (non-hydrogen) atoms. The Kier molecular flexibility index (Phi) is 5.45. The molecule has 0 fully saturated rings. The quantitative estimate of drug-likeness (QED) is 0.670. The molecule has 0 aliphatic carbocycles. The van der Waals surface area contributed by atoms with Crippen LogP contribution in [0.4, 0.5) is 0 Å². The summed E-state index contributed by atoms with van der Waals surface area (Å²) < 4.78 is 35.1. The van der Waals surface area contributed by atoms with E-state index in [-0.39, 0.29) is 9.77 Å². The third-order valence-electron chi connectivity index (χ3n) is 4.13. The van der Waals surface area contributed by atoms with E-state index in [2.05, 4.69) is 4.72 Å². The maximum Gasteiger partial charge on any atom is 0.308 e. The number of benzene rings is 2. The first-order valence-electron chi connectivity index (χ1n) is 8.20. The smallest absolute Gasteiger partial charge is 0.308 e. The number of methoxy groups -OCH3 is 1. The second-order valence-electron chi connectivity index (χ2n) is 5.74. The molecular weight excluding hydrogens is 372 g/mol. The summed E-state index contributed by atoms with van der Waals surface area (Å²) in [6.07, 6.45) is 0.574. The predicted molar refractivity (Wildman–Crippen MR) is 104 cm³/mol. The minimum absolute atomic E-state index is 0.0792. The summed E-state index contributed by atoms with van der Waals surface area (Å²) in [5, 5.41) is 0. The third-order valence-corrected chi connectivity index (χ3v) is 6.53. The van der Waals surface area contributed by atoms with Crippen LogP contribution in [-0.2, 0) is 23.0 Å². The summed E-state index contributed by atoms with van der Waals surface area (Å²) in [7, 11) is -2.02. The number of rotatable bonds is 7. The zero-order valence-corrected chi connectivity index (χ0v) is 16.2. The van der Waals surface area contributed by atoms with Crippen molar-refractivity contribution in [3.8, 4) is 5.75 Å². The SMILES string of the molecule is CCn1c(=O)sc2cc(S(=O)(=O)NCCc3ccc(OC)cc3)ccc21. The van der Waals surface area contributed by atoms with Crippen LogP contribution in [0.25, 0.3) is 10.2 Å². The fourth-order valence-electron chi connectivity index (χ4n) is 2.72. The lowest BCUT2D eigenvalue weighted by Gasteiger charge is -2.08. The van der Waals surface area contributed by atoms with Gasteiger partial charge in [-0.1, -0.05) is 23.5 Å². The molecule has 1 N–H and O–H groups in total. The Balaban J connectivity index is 1.73. The van der Waals surface area contributed by atoms with Crippen molar-refractivity contribution in [3.63, 3.8) is 0 Å². The summed E-state index contributed by atoms with van der Waals surface area (Å²) in [4.78, 5) is 12.0. The number of hydrogen-bond acceptors (Lipinski definition) is 5. The normalized spacial score (nSPS) is 11.8. The highest BCUT2D eigenvalue weighted by atomic mass is 32.2. The Morgan fingerprint density at radius 2 is 1.88 bits per heavy atom. The average Bonchev–Trinajstić information content (AvgIpc) is 2.96. The largest absolute Gasteiger partial charge is 0.497 e. The second-order valence-corrected chi connectivity index (χ2v) is 8.50. The number of nitrogens with one attached hydrogen (secondary N) is 1. The zero-order chi connectivity index (χ0) is 18.7. The van der Waals surface area contributed by atoms with Crippen molar-refractivity contribution < 1.29 is 13.2 Å². The maximum atomic E-state index is 12.5. The van der Waals surface area contributed by atoms with E-state index < -0.39 is 10.0 Å². The van der Waals surface area contributed by atoms with Gasteiger partial charge in [0.2, 0.25) is 10.0 Å². The van der Waals surface area contributed by atoms with Gasteiger partial charge in [0.05, 0.1) is 22.2 Å². The van der Waals surface area contributed by atoms with Crippen molar-refractivity contribution in [1.29, 1.82) is 0 Å². The highest BCUT2D eigenvalue weighted by molar-refractivity contribution is 7.89. The number of fused-ring (bicyclic) bond motifs is 1. The van der Waals surface area contributed by atoms with E-state index in [0.29, 0.717) is 24.2 Å². The summed E-state index contributed by atoms with van der Waals surface area (Å²) in [6.45, 7) is 2.74. The van der Waals surface area contributed by atoms with Crippen molar-refractivity contribution in [1.82, 2.24) is 9.29 Å². The molecule has 0 unspecified atom stereocenters. The van der Waals surface area contributed by atoms with Crippen LogP contribution in [0.15, 0.2) is 52.2 Å². The Bertz CT molecular complexity index is 1070. The molecule has 0 amide bonds. The van der Waals surface area contributed by atoms with E-state index in [4.69, 9.17) is 4.74 Å². The Morgan fingerprint density at radius 1 is 1.15 bits per heavy atom. The second kappa shape index (κ2) is 7.61. The van der Waals surface area contributed by atoms with Crippen LogP contribution in [-0.4, -0.2) is 26.6 Å². The van der Waals surface area contributed by atoms with Gasteiger partial charge in [-0.25, -0.2) is 13.1 Å². The van der Waals surface area contributed by atoms with Crippen molar-refractivity contribution in [2.45, 2.75) is 24.8 Å². The van der Waals surface area contributed by atoms with Gasteiger partial charge in [0.15, 0.2) is 0 Å². The standard InChI is InChI=1S/C18H20N2O4S2/c1-3-20-16-9-8-15(12-17(16)25-18(20)21)26(22,23)19-11-10-13-4-6-14(24-2)7-5-13/h4-9,12,19H,3,10-11H2,1-2H3. The highest BCUT2D eigenvalue weighted by Crippen LogP contribution is 2.21. The first kappa shape index (κ1) is 18.6. The van der Waals surface area contributed by atoms with Gasteiger partial charge in [0.1, 0.15) is 5.75 Å². The topological polar surface area (TPSA) is 77.4 Å². The molecule has 1 aromatic heterocycles. The van der Waals surface area contributed by atoms with E-state index in [1.807, 2.05) is 31.2 Å². The van der Waals surface area contributed by atoms with Crippen LogP contribution in [0.2, 0.25) is 0 Å². The Morgan fingerprint density at radius 3 is 2.54 bits per heavy atom. The van der Waals surface area contributed by atoms with Crippen LogP contribution < -0.4 is 14.3 Å². The number of ether oxygens (including phenoxy) is 1. The molecule has 0 aliphatic heterocycles. The molecule has 3 rings (SSSR count). The lowest BCUT2D eigenvalue weighted by atomic mass is 10.1. The maximum absolute atomic E-state index is 12.5. The minimum atomic E-state index is -3.62. The summed E-state index contributed by atoms with van der Waals surface area (Å²) in [5.41, 5.74) is 1.78. The number of hydrogen-bond donors (Lipinski definition) is 1. The van der Waals surface area contributed by atoms with Crippen molar-refractivity contribution >= 4 is 31.6 Å². The molecular formula is C18H20N2O4S2. The van der Waals surface area contributed by atoms with Crippen LogP contribution in [0, 0.1) is 0 Å². The molecule has 0 aliphatic rings. The Hall–Kier alpha value is -2.16. The van der Waals surface area contributed by atoms with E-state index in [1.54, 1.807) is 23.8 Å². The van der Waals surface area contributed by atoms with Gasteiger partial charge < -0.3 is 4.74 Å². The molecule has 0 saturated heterocycles. The third kappa shape index (κ3) is 3.82. The molecule has 2 aromatic carbocycles. The summed E-state index contributed by atoms with van der Waals surface area (Å²) >= 11 is 1.06. The number of aromatic nitrogens is 1. The fraction of sp³-hybridized carbons (Fsp3) is 0.278. The zero-order valence-electron chi connectivity index (χ0n) is 14.6. The molecule has 0 spiro atoms. The molecule has 0 atom stereocenters. The molecule has 1 heterocycles. The monoisotopic (exact) mass is 392 g/mol. The van der Waals surface area contributed by atoms with Gasteiger partial charge in [0.25, 0.3) is 0 Å². The first-order valence-corrected chi connectivity index (χ1v) is 10.5. The first-order chi connectivity index (χ1) is 12.4. The van der Waals surface area contributed by atoms with Crippen molar-refractivity contribution in [2.24, 2.45) is 0 Å². The van der Waals surface area contributed by atoms with Gasteiger partial charge in [-0.05, 0) is 49.2 Å². The summed E-state index contributed by atoms with van der Waals surface area (Å²) in [6, 6.07) is 12.3. The van der Waals surface area contributed by atoms with Crippen LogP contribution in [0.1, 0.15) is 12.5 Å². The van der Waals surface area contributed by atoms with Gasteiger partial charge in [-0.15, -0.1) is 0 Å². The van der Waals surface area contributed by atoms with Crippen LogP contribution in [0.5, 0.6) is 5.75 Å². The van der Waals surface area contributed by atoms with Gasteiger partial charge >= 0.3 is 4.87 Å². The lowest BCUT2D eigenvalue weighted by Crippen LogP contribution is -2.26. The van der Waals surface area contributed by atoms with Crippen LogP contribution >= 0.6 is 11.3 Å². The molecule has 6 nitrogen and oxygen atoms in total. The lowest BCUT2D eigenvalue weighted by molar-refractivity contribution is 0.414. The molecule has 0 radical (unpaired) electrons. The van der Waals surface area contributed by atoms with E-state index in [0.717, 1.165) is 28.2 Å². The molecule has 8 heteroatoms. The number of nitrogens with zero attached hydrogens (tertiary/aromatic N) is 1. The Labute approximate surface area is 156 Å². The van der Waals surface area contributed by atoms with E-state index in [1.165, 1.54) is 6.07 Å². The molecule has 0 saturated carbocycles.